The third kappa shape index (κ3) is 9.11. The van der Waals surface area contributed by atoms with Crippen LogP contribution in [0.5, 0.6) is 0 Å². The summed E-state index contributed by atoms with van der Waals surface area (Å²) in [6.07, 6.45) is 2.98. The summed E-state index contributed by atoms with van der Waals surface area (Å²) in [5.74, 6) is -1.03. The molecular weight excluding hydrogens is 616 g/mol. The average Bonchev–Trinajstić information content (AvgIpc) is 3.10. The smallest absolute Gasteiger partial charge is 0.427 e. The van der Waals surface area contributed by atoms with Crippen LogP contribution in [0, 0.1) is 11.3 Å². The molecule has 0 saturated heterocycles. The second-order valence-electron chi connectivity index (χ2n) is 13.6. The van der Waals surface area contributed by atoms with Gasteiger partial charge in [-0.25, -0.2) is 19.4 Å². The number of nitrogens with one attached hydrogen (secondary N) is 2. The molecule has 4 amide bonds. The zero-order chi connectivity index (χ0) is 35.2. The van der Waals surface area contributed by atoms with Crippen LogP contribution < -0.4 is 10.2 Å². The molecule has 0 radical (unpaired) electrons. The van der Waals surface area contributed by atoms with Crippen LogP contribution in [0.1, 0.15) is 86.1 Å². The van der Waals surface area contributed by atoms with E-state index in [1.54, 1.807) is 72.7 Å². The molecule has 0 atom stereocenters. The summed E-state index contributed by atoms with van der Waals surface area (Å²) in [4.78, 5) is 54.7. The molecule has 4 rings (SSSR count). The Kier molecular flexibility index (Phi) is 11.1. The number of ether oxygens (including phenoxy) is 3. The SMILES string of the molecule is CCOC(=O)CN1N=C(C2CCCCC2)c2ccccc2N(c2ccc(NC(=N)N(C(=O)OC(C)(C)C)C(=O)OC(C)(C)C)cc2)C1=O. The van der Waals surface area contributed by atoms with Crippen LogP contribution in [-0.2, 0) is 19.0 Å². The van der Waals surface area contributed by atoms with Gasteiger partial charge in [-0.3, -0.25) is 15.1 Å². The highest BCUT2D eigenvalue weighted by atomic mass is 16.6. The number of imide groups is 1. The second-order valence-corrected chi connectivity index (χ2v) is 13.6. The van der Waals surface area contributed by atoms with Crippen LogP contribution >= 0.6 is 0 Å². The molecule has 1 saturated carbocycles. The predicted molar refractivity (Wildman–Crippen MR) is 183 cm³/mol. The van der Waals surface area contributed by atoms with Crippen LogP contribution in [0.2, 0.25) is 0 Å². The van der Waals surface area contributed by atoms with E-state index in [0.717, 1.165) is 43.4 Å². The molecule has 0 aromatic heterocycles. The first kappa shape index (κ1) is 35.9. The number of fused-ring (bicyclic) bond motifs is 1. The monoisotopic (exact) mass is 662 g/mol. The van der Waals surface area contributed by atoms with Gasteiger partial charge in [-0.05, 0) is 91.6 Å². The summed E-state index contributed by atoms with van der Waals surface area (Å²) in [5.41, 5.74) is 1.13. The van der Waals surface area contributed by atoms with Crippen LogP contribution in [0.25, 0.3) is 0 Å². The summed E-state index contributed by atoms with van der Waals surface area (Å²) in [6, 6.07) is 13.5. The Morgan fingerprint density at radius 2 is 1.50 bits per heavy atom. The molecule has 0 bridgehead atoms. The van der Waals surface area contributed by atoms with Crippen molar-refractivity contribution in [1.82, 2.24) is 9.91 Å². The van der Waals surface area contributed by atoms with Gasteiger partial charge in [0.25, 0.3) is 0 Å². The molecular formula is C35H46N6O7. The number of hydrazone groups is 1. The fourth-order valence-electron chi connectivity index (χ4n) is 5.45. The summed E-state index contributed by atoms with van der Waals surface area (Å²) < 4.78 is 15.9. The summed E-state index contributed by atoms with van der Waals surface area (Å²) in [6.45, 7) is 11.4. The topological polar surface area (TPSA) is 154 Å². The van der Waals surface area contributed by atoms with E-state index in [-0.39, 0.29) is 19.1 Å². The Labute approximate surface area is 281 Å². The van der Waals surface area contributed by atoms with Crippen LogP contribution in [-0.4, -0.2) is 70.1 Å². The number of benzene rings is 2. The minimum atomic E-state index is -1.08. The molecule has 2 N–H and O–H groups in total. The molecule has 1 aliphatic carbocycles. The van der Waals surface area contributed by atoms with E-state index < -0.39 is 41.3 Å². The first-order chi connectivity index (χ1) is 22.6. The van der Waals surface area contributed by atoms with Crippen molar-refractivity contribution in [3.8, 4) is 0 Å². The van der Waals surface area contributed by atoms with Gasteiger partial charge in [-0.1, -0.05) is 37.5 Å². The van der Waals surface area contributed by atoms with Crippen LogP contribution in [0.15, 0.2) is 53.6 Å². The first-order valence-electron chi connectivity index (χ1n) is 16.2. The van der Waals surface area contributed by atoms with Gasteiger partial charge in [0.2, 0.25) is 5.96 Å². The second kappa shape index (κ2) is 14.9. The van der Waals surface area contributed by atoms with Crippen molar-refractivity contribution in [2.24, 2.45) is 11.0 Å². The number of amides is 4. The zero-order valence-corrected chi connectivity index (χ0v) is 28.8. The van der Waals surface area contributed by atoms with Crippen molar-refractivity contribution < 1.29 is 33.4 Å². The fraction of sp³-hybridized carbons (Fsp3) is 0.486. The Bertz CT molecular complexity index is 1520. The van der Waals surface area contributed by atoms with E-state index in [9.17, 15) is 19.2 Å². The van der Waals surface area contributed by atoms with Crippen molar-refractivity contribution in [1.29, 1.82) is 5.41 Å². The number of nitrogens with zero attached hydrogens (tertiary/aromatic N) is 4. The number of urea groups is 1. The van der Waals surface area contributed by atoms with Gasteiger partial charge >= 0.3 is 24.2 Å². The van der Waals surface area contributed by atoms with Gasteiger partial charge in [-0.15, -0.1) is 4.90 Å². The first-order valence-corrected chi connectivity index (χ1v) is 16.2. The Hall–Kier alpha value is -4.94. The lowest BCUT2D eigenvalue weighted by atomic mass is 9.83. The maximum absolute atomic E-state index is 14.2. The minimum Gasteiger partial charge on any atom is -0.465 e. The lowest BCUT2D eigenvalue weighted by Crippen LogP contribution is -2.49. The molecule has 48 heavy (non-hydrogen) atoms. The highest BCUT2D eigenvalue weighted by Gasteiger charge is 2.36. The summed E-state index contributed by atoms with van der Waals surface area (Å²) in [7, 11) is 0. The molecule has 0 unspecified atom stereocenters. The number of carbonyl (C=O) groups excluding carboxylic acids is 4. The van der Waals surface area contributed by atoms with Gasteiger partial charge in [0.05, 0.1) is 23.7 Å². The largest absolute Gasteiger partial charge is 0.465 e. The van der Waals surface area contributed by atoms with Gasteiger partial charge in [0.15, 0.2) is 0 Å². The molecule has 1 fully saturated rings. The highest BCUT2D eigenvalue weighted by molar-refractivity contribution is 6.14. The predicted octanol–water partition coefficient (Wildman–Crippen LogP) is 7.63. The normalized spacial score (nSPS) is 15.5. The Morgan fingerprint density at radius 1 is 0.917 bits per heavy atom. The maximum Gasteiger partial charge on any atom is 0.427 e. The molecule has 13 nitrogen and oxygen atoms in total. The average molecular weight is 663 g/mol. The lowest BCUT2D eigenvalue weighted by molar-refractivity contribution is -0.143. The number of carbonyl (C=O) groups is 4. The number of anilines is 3. The third-order valence-corrected chi connectivity index (χ3v) is 7.40. The van der Waals surface area contributed by atoms with E-state index in [4.69, 9.17) is 24.7 Å². The van der Waals surface area contributed by atoms with Gasteiger partial charge in [-0.2, -0.15) is 5.10 Å². The zero-order valence-electron chi connectivity index (χ0n) is 28.8. The third-order valence-electron chi connectivity index (χ3n) is 7.40. The van der Waals surface area contributed by atoms with Gasteiger partial charge in [0, 0.05) is 17.2 Å². The van der Waals surface area contributed by atoms with E-state index in [1.165, 1.54) is 9.91 Å². The van der Waals surface area contributed by atoms with E-state index in [0.29, 0.717) is 22.0 Å². The summed E-state index contributed by atoms with van der Waals surface area (Å²) >= 11 is 0. The van der Waals surface area contributed by atoms with Crippen molar-refractivity contribution in [2.45, 2.75) is 91.8 Å². The molecule has 1 heterocycles. The van der Waals surface area contributed by atoms with E-state index >= 15 is 0 Å². The Morgan fingerprint density at radius 3 is 2.06 bits per heavy atom. The molecule has 13 heteroatoms. The molecule has 2 aliphatic rings. The van der Waals surface area contributed by atoms with Gasteiger partial charge < -0.3 is 19.5 Å². The maximum atomic E-state index is 14.2. The van der Waals surface area contributed by atoms with Crippen molar-refractivity contribution in [2.75, 3.05) is 23.4 Å². The number of esters is 1. The quantitative estimate of drug-likeness (QED) is 0.139. The van der Waals surface area contributed by atoms with Crippen molar-refractivity contribution >= 4 is 52.9 Å². The van der Waals surface area contributed by atoms with Crippen molar-refractivity contribution in [3.05, 3.63) is 54.1 Å². The van der Waals surface area contributed by atoms with Crippen molar-refractivity contribution in [3.63, 3.8) is 0 Å². The molecule has 2 aromatic carbocycles. The van der Waals surface area contributed by atoms with Gasteiger partial charge in [0.1, 0.15) is 17.7 Å². The number of guanidine groups is 1. The number of hydrogen-bond donors (Lipinski definition) is 2. The van der Waals surface area contributed by atoms with Crippen LogP contribution in [0.4, 0.5) is 31.4 Å². The molecule has 1 aliphatic heterocycles. The molecule has 2 aromatic rings. The number of rotatable bonds is 6. The fourth-order valence-corrected chi connectivity index (χ4v) is 5.45. The Balaban J connectivity index is 1.67. The van der Waals surface area contributed by atoms with E-state index in [2.05, 4.69) is 5.32 Å². The highest BCUT2D eigenvalue weighted by Crippen LogP contribution is 2.37. The molecule has 0 spiro atoms. The lowest BCUT2D eigenvalue weighted by Gasteiger charge is -2.29. The minimum absolute atomic E-state index is 0.132. The molecule has 258 valence electrons. The summed E-state index contributed by atoms with van der Waals surface area (Å²) in [5, 5.41) is 17.3. The van der Waals surface area contributed by atoms with E-state index in [1.807, 2.05) is 24.3 Å². The number of para-hydroxylation sites is 1. The standard InChI is InChI=1S/C35H46N6O7/c1-8-46-28(42)22-39-31(43)40(27-17-13-12-16-26(27)29(38-39)23-14-10-9-11-15-23)25-20-18-24(19-21-25)37-30(36)41(32(44)47-34(2,3)4)33(45)48-35(5,6)7/h12-13,16-21,23H,8-11,14-15,22H2,1-7H3,(H2,36,37). The number of hydrogen-bond acceptors (Lipinski definition) is 9. The van der Waals surface area contributed by atoms with Crippen LogP contribution in [0.3, 0.4) is 0 Å².